The van der Waals surface area contributed by atoms with E-state index < -0.39 is 0 Å². The molecule has 6 nitrogen and oxygen atoms in total. The van der Waals surface area contributed by atoms with Crippen LogP contribution in [0.5, 0.6) is 5.75 Å². The predicted octanol–water partition coefficient (Wildman–Crippen LogP) is 4.01. The van der Waals surface area contributed by atoms with Gasteiger partial charge in [-0.1, -0.05) is 24.3 Å². The average molecular weight is 538 g/mol. The van der Waals surface area contributed by atoms with Crippen LogP contribution in [0.4, 0.5) is 0 Å². The summed E-state index contributed by atoms with van der Waals surface area (Å²) >= 11 is 0. The fourth-order valence-corrected chi connectivity index (χ4v) is 3.21. The maximum atomic E-state index is 12.4. The maximum absolute atomic E-state index is 12.4. The molecule has 7 heteroatoms. The fraction of sp³-hybridized carbons (Fsp3) is 0.417. The lowest BCUT2D eigenvalue weighted by molar-refractivity contribution is 0.0773. The van der Waals surface area contributed by atoms with Gasteiger partial charge in [0.2, 0.25) is 0 Å². The first-order valence-electron chi connectivity index (χ1n) is 10.5. The van der Waals surface area contributed by atoms with Crippen LogP contribution in [-0.4, -0.2) is 50.6 Å². The average Bonchev–Trinajstić information content (AvgIpc) is 2.78. The van der Waals surface area contributed by atoms with E-state index in [0.29, 0.717) is 6.54 Å². The molecule has 2 rings (SSSR count). The Hall–Kier alpha value is -2.29. The fourth-order valence-electron chi connectivity index (χ4n) is 3.21. The van der Waals surface area contributed by atoms with Crippen molar-refractivity contribution in [1.82, 2.24) is 15.5 Å². The first-order chi connectivity index (χ1) is 14.5. The lowest BCUT2D eigenvalue weighted by Gasteiger charge is -2.18. The zero-order chi connectivity index (χ0) is 21.9. The molecule has 0 aliphatic rings. The Morgan fingerprint density at radius 2 is 1.68 bits per heavy atom. The van der Waals surface area contributed by atoms with E-state index in [1.807, 2.05) is 49.9 Å². The molecule has 31 heavy (non-hydrogen) atoms. The number of aliphatic imine (C=N–C) groups is 1. The van der Waals surface area contributed by atoms with Gasteiger partial charge in [0, 0.05) is 38.8 Å². The second-order valence-electron chi connectivity index (χ2n) is 7.08. The van der Waals surface area contributed by atoms with Gasteiger partial charge in [-0.3, -0.25) is 9.79 Å². The van der Waals surface area contributed by atoms with Crippen molar-refractivity contribution >= 4 is 35.8 Å². The number of rotatable bonds is 9. The van der Waals surface area contributed by atoms with E-state index in [9.17, 15) is 4.79 Å². The summed E-state index contributed by atoms with van der Waals surface area (Å²) in [7, 11) is 3.46. The summed E-state index contributed by atoms with van der Waals surface area (Å²) in [5, 5.41) is 6.65. The molecule has 0 unspecified atom stereocenters. The normalized spacial score (nSPS) is 10.8. The molecule has 2 aromatic rings. The van der Waals surface area contributed by atoms with Crippen LogP contribution in [0, 0.1) is 6.92 Å². The standard InChI is InChI=1S/C24H34N4O2.HI/c1-6-28(7-2)23(29)21-12-10-20(11-13-21)17-27-24(25-4)26-15-14-19-9-8-18(3)22(16-19)30-5;/h8-13,16H,6-7,14-15,17H2,1-5H3,(H2,25,26,27);1H. The van der Waals surface area contributed by atoms with Crippen LogP contribution in [0.2, 0.25) is 0 Å². The van der Waals surface area contributed by atoms with E-state index in [1.165, 1.54) is 5.56 Å². The molecular formula is C24H35IN4O2. The van der Waals surface area contributed by atoms with E-state index in [2.05, 4.69) is 33.8 Å². The van der Waals surface area contributed by atoms with Crippen LogP contribution < -0.4 is 15.4 Å². The minimum Gasteiger partial charge on any atom is -0.496 e. The van der Waals surface area contributed by atoms with Gasteiger partial charge in [0.15, 0.2) is 5.96 Å². The summed E-state index contributed by atoms with van der Waals surface area (Å²) in [6.07, 6.45) is 0.875. The molecule has 0 heterocycles. The van der Waals surface area contributed by atoms with Crippen LogP contribution in [0.15, 0.2) is 47.5 Å². The molecule has 0 spiro atoms. The number of benzene rings is 2. The van der Waals surface area contributed by atoms with E-state index in [0.717, 1.165) is 54.5 Å². The first kappa shape index (κ1) is 26.7. The lowest BCUT2D eigenvalue weighted by Crippen LogP contribution is -2.37. The number of hydrogen-bond acceptors (Lipinski definition) is 3. The van der Waals surface area contributed by atoms with Crippen molar-refractivity contribution < 1.29 is 9.53 Å². The van der Waals surface area contributed by atoms with Gasteiger partial charge in [0.1, 0.15) is 5.75 Å². The van der Waals surface area contributed by atoms with Gasteiger partial charge in [0.05, 0.1) is 7.11 Å². The molecule has 0 radical (unpaired) electrons. The zero-order valence-corrected chi connectivity index (χ0v) is 21.5. The molecule has 2 aromatic carbocycles. The highest BCUT2D eigenvalue weighted by molar-refractivity contribution is 14.0. The SMILES string of the molecule is CCN(CC)C(=O)c1ccc(CNC(=NC)NCCc2ccc(C)c(OC)c2)cc1.I. The van der Waals surface area contributed by atoms with Crippen LogP contribution in [0.1, 0.15) is 40.9 Å². The van der Waals surface area contributed by atoms with Crippen molar-refractivity contribution in [3.05, 3.63) is 64.7 Å². The van der Waals surface area contributed by atoms with Crippen molar-refractivity contribution in [1.29, 1.82) is 0 Å². The topological polar surface area (TPSA) is 66.0 Å². The third-order valence-corrected chi connectivity index (χ3v) is 5.11. The summed E-state index contributed by atoms with van der Waals surface area (Å²) in [4.78, 5) is 18.5. The molecule has 0 aromatic heterocycles. The van der Waals surface area contributed by atoms with Crippen LogP contribution >= 0.6 is 24.0 Å². The lowest BCUT2D eigenvalue weighted by atomic mass is 10.1. The van der Waals surface area contributed by atoms with Gasteiger partial charge < -0.3 is 20.3 Å². The Balaban J connectivity index is 0.00000480. The number of aryl methyl sites for hydroxylation is 1. The number of carbonyl (C=O) groups excluding carboxylic acids is 1. The Morgan fingerprint density at radius 3 is 2.26 bits per heavy atom. The van der Waals surface area contributed by atoms with Crippen molar-refractivity contribution in [2.45, 2.75) is 33.7 Å². The van der Waals surface area contributed by atoms with Gasteiger partial charge in [-0.15, -0.1) is 24.0 Å². The molecule has 0 saturated heterocycles. The Bertz CT molecular complexity index is 849. The maximum Gasteiger partial charge on any atom is 0.253 e. The number of nitrogens with one attached hydrogen (secondary N) is 2. The van der Waals surface area contributed by atoms with E-state index in [1.54, 1.807) is 14.2 Å². The van der Waals surface area contributed by atoms with Crippen LogP contribution in [-0.2, 0) is 13.0 Å². The van der Waals surface area contributed by atoms with Gasteiger partial charge in [-0.05, 0) is 62.1 Å². The van der Waals surface area contributed by atoms with Gasteiger partial charge in [-0.25, -0.2) is 0 Å². The molecule has 170 valence electrons. The Labute approximate surface area is 203 Å². The number of nitrogens with zero attached hydrogens (tertiary/aromatic N) is 2. The third-order valence-electron chi connectivity index (χ3n) is 5.11. The summed E-state index contributed by atoms with van der Waals surface area (Å²) in [6.45, 7) is 8.87. The number of hydrogen-bond donors (Lipinski definition) is 2. The molecule has 0 fully saturated rings. The molecule has 0 saturated carbocycles. The molecule has 0 atom stereocenters. The van der Waals surface area contributed by atoms with Crippen molar-refractivity contribution in [3.8, 4) is 5.75 Å². The largest absolute Gasteiger partial charge is 0.496 e. The molecule has 1 amide bonds. The second kappa shape index (κ2) is 13.9. The summed E-state index contributed by atoms with van der Waals surface area (Å²) < 4.78 is 5.39. The van der Waals surface area contributed by atoms with E-state index >= 15 is 0 Å². The van der Waals surface area contributed by atoms with Crippen molar-refractivity contribution in [2.24, 2.45) is 4.99 Å². The molecule has 2 N–H and O–H groups in total. The number of amides is 1. The number of methoxy groups -OCH3 is 1. The van der Waals surface area contributed by atoms with Crippen LogP contribution in [0.3, 0.4) is 0 Å². The Kier molecular flexibility index (Phi) is 12.0. The van der Waals surface area contributed by atoms with Gasteiger partial charge >= 0.3 is 0 Å². The highest BCUT2D eigenvalue weighted by Crippen LogP contribution is 2.19. The minimum absolute atomic E-state index is 0. The van der Waals surface area contributed by atoms with Crippen molar-refractivity contribution in [2.75, 3.05) is 33.8 Å². The number of halogens is 1. The molecular weight excluding hydrogens is 503 g/mol. The monoisotopic (exact) mass is 538 g/mol. The highest BCUT2D eigenvalue weighted by atomic mass is 127. The smallest absolute Gasteiger partial charge is 0.253 e. The summed E-state index contributed by atoms with van der Waals surface area (Å²) in [6, 6.07) is 14.0. The van der Waals surface area contributed by atoms with Crippen LogP contribution in [0.25, 0.3) is 0 Å². The molecule has 0 aliphatic heterocycles. The summed E-state index contributed by atoms with van der Waals surface area (Å²) in [5.41, 5.74) is 4.17. The molecule has 0 bridgehead atoms. The second-order valence-corrected chi connectivity index (χ2v) is 7.08. The molecule has 0 aliphatic carbocycles. The predicted molar refractivity (Wildman–Crippen MR) is 139 cm³/mol. The first-order valence-corrected chi connectivity index (χ1v) is 10.5. The van der Waals surface area contributed by atoms with E-state index in [-0.39, 0.29) is 29.9 Å². The summed E-state index contributed by atoms with van der Waals surface area (Å²) in [5.74, 6) is 1.74. The quantitative estimate of drug-likeness (QED) is 0.288. The highest BCUT2D eigenvalue weighted by Gasteiger charge is 2.11. The van der Waals surface area contributed by atoms with Gasteiger partial charge in [0.25, 0.3) is 5.91 Å². The zero-order valence-electron chi connectivity index (χ0n) is 19.2. The number of carbonyl (C=O) groups is 1. The number of ether oxygens (including phenoxy) is 1. The third kappa shape index (κ3) is 8.05. The van der Waals surface area contributed by atoms with Gasteiger partial charge in [-0.2, -0.15) is 0 Å². The van der Waals surface area contributed by atoms with E-state index in [4.69, 9.17) is 4.74 Å². The minimum atomic E-state index is 0. The Morgan fingerprint density at radius 1 is 1.03 bits per heavy atom. The number of guanidine groups is 1. The van der Waals surface area contributed by atoms with Crippen molar-refractivity contribution in [3.63, 3.8) is 0 Å².